The van der Waals surface area contributed by atoms with Crippen molar-refractivity contribution in [2.24, 2.45) is 5.92 Å². The van der Waals surface area contributed by atoms with Gasteiger partial charge in [-0.25, -0.2) is 0 Å². The first-order valence-corrected chi connectivity index (χ1v) is 11.9. The quantitative estimate of drug-likeness (QED) is 0.621. The molecule has 3 amide bonds. The lowest BCUT2D eigenvalue weighted by atomic mass is 10.1. The average Bonchev–Trinajstić information content (AvgIpc) is 3.31. The lowest BCUT2D eigenvalue weighted by Gasteiger charge is -2.36. The number of hydrogen-bond donors (Lipinski definition) is 1. The molecule has 7 nitrogen and oxygen atoms in total. The molecule has 2 aliphatic heterocycles. The Morgan fingerprint density at radius 3 is 2.03 bits per heavy atom. The van der Waals surface area contributed by atoms with Gasteiger partial charge < -0.3 is 20.0 Å². The molecule has 0 bridgehead atoms. The second kappa shape index (κ2) is 10.0. The first-order valence-electron chi connectivity index (χ1n) is 11.9. The fourth-order valence-corrected chi connectivity index (χ4v) is 4.73. The van der Waals surface area contributed by atoms with E-state index >= 15 is 0 Å². The summed E-state index contributed by atoms with van der Waals surface area (Å²) in [6.07, 6.45) is 0.151. The summed E-state index contributed by atoms with van der Waals surface area (Å²) in [5, 5.41) is 2.92. The standard InChI is InChI=1S/C28H28N4O3/c33-26-19-21(20-32(26)23-11-5-2-6-12-23)27(34)29-25-14-8-7-13-24(25)28(35)31-17-15-30(16-18-31)22-9-3-1-4-10-22/h1-14,21H,15-20H2,(H,29,34)/t21-/m0/s1. The third-order valence-corrected chi connectivity index (χ3v) is 6.67. The van der Waals surface area contributed by atoms with E-state index in [2.05, 4.69) is 22.3 Å². The van der Waals surface area contributed by atoms with Crippen LogP contribution in [0.3, 0.4) is 0 Å². The second-order valence-corrected chi connectivity index (χ2v) is 8.89. The van der Waals surface area contributed by atoms with Crippen LogP contribution in [-0.4, -0.2) is 55.3 Å². The normalized spacial score (nSPS) is 18.0. The molecule has 1 N–H and O–H groups in total. The highest BCUT2D eigenvalue weighted by Gasteiger charge is 2.35. The number of amides is 3. The molecule has 3 aromatic carbocycles. The molecule has 0 saturated carbocycles. The summed E-state index contributed by atoms with van der Waals surface area (Å²) < 4.78 is 0. The molecule has 0 radical (unpaired) electrons. The van der Waals surface area contributed by atoms with Crippen molar-refractivity contribution < 1.29 is 14.4 Å². The Kier molecular flexibility index (Phi) is 6.48. The summed E-state index contributed by atoms with van der Waals surface area (Å²) in [5.74, 6) is -0.884. The van der Waals surface area contributed by atoms with E-state index in [9.17, 15) is 14.4 Å². The summed E-state index contributed by atoms with van der Waals surface area (Å²) in [5.41, 5.74) is 2.90. The SMILES string of the molecule is O=C(Nc1ccccc1C(=O)N1CCN(c2ccccc2)CC1)[C@H]1CC(=O)N(c2ccccc2)C1. The van der Waals surface area contributed by atoms with Gasteiger partial charge in [-0.15, -0.1) is 0 Å². The Morgan fingerprint density at radius 2 is 1.34 bits per heavy atom. The Balaban J connectivity index is 1.24. The molecule has 35 heavy (non-hydrogen) atoms. The summed E-state index contributed by atoms with van der Waals surface area (Å²) >= 11 is 0. The maximum Gasteiger partial charge on any atom is 0.256 e. The van der Waals surface area contributed by atoms with Gasteiger partial charge in [-0.2, -0.15) is 0 Å². The van der Waals surface area contributed by atoms with E-state index in [4.69, 9.17) is 0 Å². The molecule has 2 aliphatic rings. The highest BCUT2D eigenvalue weighted by atomic mass is 16.2. The number of hydrogen-bond acceptors (Lipinski definition) is 4. The maximum absolute atomic E-state index is 13.3. The van der Waals surface area contributed by atoms with E-state index in [-0.39, 0.29) is 24.1 Å². The number of anilines is 3. The van der Waals surface area contributed by atoms with Gasteiger partial charge in [0.05, 0.1) is 17.2 Å². The number of nitrogens with zero attached hydrogens (tertiary/aromatic N) is 3. The van der Waals surface area contributed by atoms with Gasteiger partial charge in [-0.3, -0.25) is 14.4 Å². The van der Waals surface area contributed by atoms with Crippen molar-refractivity contribution in [1.29, 1.82) is 0 Å². The van der Waals surface area contributed by atoms with Crippen LogP contribution in [0.15, 0.2) is 84.9 Å². The number of para-hydroxylation sites is 3. The van der Waals surface area contributed by atoms with Gasteiger partial charge in [0.25, 0.3) is 5.91 Å². The zero-order valence-corrected chi connectivity index (χ0v) is 19.5. The van der Waals surface area contributed by atoms with Crippen LogP contribution in [0.25, 0.3) is 0 Å². The van der Waals surface area contributed by atoms with Crippen LogP contribution in [0.5, 0.6) is 0 Å². The number of rotatable bonds is 5. The van der Waals surface area contributed by atoms with Crippen molar-refractivity contribution in [3.8, 4) is 0 Å². The van der Waals surface area contributed by atoms with Crippen molar-refractivity contribution in [1.82, 2.24) is 4.90 Å². The lowest BCUT2D eigenvalue weighted by molar-refractivity contribution is -0.122. The Hall–Kier alpha value is -4.13. The molecule has 2 heterocycles. The fourth-order valence-electron chi connectivity index (χ4n) is 4.73. The van der Waals surface area contributed by atoms with Crippen molar-refractivity contribution >= 4 is 34.8 Å². The molecule has 7 heteroatoms. The predicted octanol–water partition coefficient (Wildman–Crippen LogP) is 3.64. The minimum atomic E-state index is -0.472. The van der Waals surface area contributed by atoms with Crippen LogP contribution in [0, 0.1) is 5.92 Å². The maximum atomic E-state index is 13.3. The van der Waals surface area contributed by atoms with Crippen molar-refractivity contribution in [2.45, 2.75) is 6.42 Å². The van der Waals surface area contributed by atoms with Crippen LogP contribution in [0.4, 0.5) is 17.1 Å². The molecule has 1 atom stereocenters. The number of carbonyl (C=O) groups excluding carboxylic acids is 3. The van der Waals surface area contributed by atoms with Gasteiger partial charge in [0.1, 0.15) is 0 Å². The predicted molar refractivity (Wildman–Crippen MR) is 137 cm³/mol. The van der Waals surface area contributed by atoms with Gasteiger partial charge in [-0.05, 0) is 36.4 Å². The first-order chi connectivity index (χ1) is 17.1. The van der Waals surface area contributed by atoms with Crippen LogP contribution in [-0.2, 0) is 9.59 Å². The van der Waals surface area contributed by atoms with Crippen molar-refractivity contribution in [3.63, 3.8) is 0 Å². The largest absolute Gasteiger partial charge is 0.368 e. The van der Waals surface area contributed by atoms with E-state index in [0.717, 1.165) is 24.5 Å². The van der Waals surface area contributed by atoms with Gasteiger partial charge in [0.15, 0.2) is 0 Å². The molecular formula is C28H28N4O3. The first kappa shape index (κ1) is 22.7. The molecule has 0 aromatic heterocycles. The van der Waals surface area contributed by atoms with E-state index in [0.29, 0.717) is 30.9 Å². The summed E-state index contributed by atoms with van der Waals surface area (Å²) in [4.78, 5) is 44.7. The second-order valence-electron chi connectivity index (χ2n) is 8.89. The highest BCUT2D eigenvalue weighted by Crippen LogP contribution is 2.27. The van der Waals surface area contributed by atoms with E-state index in [1.807, 2.05) is 53.4 Å². The molecule has 3 aromatic rings. The number of piperazine rings is 1. The van der Waals surface area contributed by atoms with Crippen molar-refractivity contribution in [2.75, 3.05) is 47.8 Å². The summed E-state index contributed by atoms with van der Waals surface area (Å²) in [6.45, 7) is 3.05. The third kappa shape index (κ3) is 4.89. The highest BCUT2D eigenvalue weighted by molar-refractivity contribution is 6.07. The number of carbonyl (C=O) groups is 3. The van der Waals surface area contributed by atoms with Crippen molar-refractivity contribution in [3.05, 3.63) is 90.5 Å². The molecule has 178 valence electrons. The van der Waals surface area contributed by atoms with Gasteiger partial charge in [-0.1, -0.05) is 48.5 Å². The zero-order chi connectivity index (χ0) is 24.2. The van der Waals surface area contributed by atoms with Gasteiger partial charge in [0, 0.05) is 50.5 Å². The molecule has 5 rings (SSSR count). The molecule has 2 saturated heterocycles. The van der Waals surface area contributed by atoms with E-state index in [1.165, 1.54) is 0 Å². The van der Waals surface area contributed by atoms with Crippen LogP contribution >= 0.6 is 0 Å². The zero-order valence-electron chi connectivity index (χ0n) is 19.5. The smallest absolute Gasteiger partial charge is 0.256 e. The minimum absolute atomic E-state index is 0.0722. The topological polar surface area (TPSA) is 73.0 Å². The van der Waals surface area contributed by atoms with Gasteiger partial charge in [0.2, 0.25) is 11.8 Å². The lowest BCUT2D eigenvalue weighted by Crippen LogP contribution is -2.49. The van der Waals surface area contributed by atoms with Crippen LogP contribution < -0.4 is 15.1 Å². The Bertz CT molecular complexity index is 1210. The molecule has 0 spiro atoms. The van der Waals surface area contributed by atoms with Crippen LogP contribution in [0.1, 0.15) is 16.8 Å². The summed E-state index contributed by atoms with van der Waals surface area (Å²) in [7, 11) is 0. The molecule has 0 unspecified atom stereocenters. The monoisotopic (exact) mass is 468 g/mol. The fraction of sp³-hybridized carbons (Fsp3) is 0.250. The number of benzene rings is 3. The van der Waals surface area contributed by atoms with E-state index < -0.39 is 5.92 Å². The Morgan fingerprint density at radius 1 is 0.743 bits per heavy atom. The molecule has 2 fully saturated rings. The van der Waals surface area contributed by atoms with Crippen LogP contribution in [0.2, 0.25) is 0 Å². The Labute approximate surface area is 204 Å². The van der Waals surface area contributed by atoms with Gasteiger partial charge >= 0.3 is 0 Å². The number of nitrogens with one attached hydrogen (secondary N) is 1. The summed E-state index contributed by atoms with van der Waals surface area (Å²) in [6, 6.07) is 26.7. The molecular weight excluding hydrogens is 440 g/mol. The third-order valence-electron chi connectivity index (χ3n) is 6.67. The minimum Gasteiger partial charge on any atom is -0.368 e. The molecule has 0 aliphatic carbocycles. The van der Waals surface area contributed by atoms with E-state index in [1.54, 1.807) is 29.2 Å². The average molecular weight is 469 g/mol.